The van der Waals surface area contributed by atoms with Crippen molar-refractivity contribution in [2.24, 2.45) is 0 Å². The van der Waals surface area contributed by atoms with E-state index in [0.29, 0.717) is 24.5 Å². The Kier molecular flexibility index (Phi) is 5.74. The number of carbonyl (C=O) groups excluding carboxylic acids is 1. The van der Waals surface area contributed by atoms with E-state index in [9.17, 15) is 18.5 Å². The van der Waals surface area contributed by atoms with Gasteiger partial charge in [-0.2, -0.15) is 9.57 Å². The van der Waals surface area contributed by atoms with Crippen LogP contribution in [0.2, 0.25) is 0 Å². The van der Waals surface area contributed by atoms with Crippen LogP contribution in [0.15, 0.2) is 57.5 Å². The average molecular weight is 385 g/mol. The fraction of sp³-hybridized carbons (Fsp3) is 0.263. The monoisotopic (exact) mass is 385 g/mol. The SMILES string of the molecule is N#C/C(=C\c1ccco1)C(=O)Nc1cccc(S(=O)(=O)N2CCCCC2)c1. The molecule has 0 saturated carbocycles. The number of piperidine rings is 1. The number of amides is 1. The molecule has 1 saturated heterocycles. The maximum Gasteiger partial charge on any atom is 0.266 e. The number of furan rings is 1. The molecule has 0 radical (unpaired) electrons. The Morgan fingerprint density at radius 1 is 1.19 bits per heavy atom. The van der Waals surface area contributed by atoms with Crippen molar-refractivity contribution in [1.29, 1.82) is 5.26 Å². The highest BCUT2D eigenvalue weighted by Crippen LogP contribution is 2.23. The van der Waals surface area contributed by atoms with Crippen molar-refractivity contribution in [1.82, 2.24) is 4.31 Å². The van der Waals surface area contributed by atoms with Crippen molar-refractivity contribution in [3.63, 3.8) is 0 Å². The summed E-state index contributed by atoms with van der Waals surface area (Å²) in [6.45, 7) is 1.01. The molecule has 0 bridgehead atoms. The van der Waals surface area contributed by atoms with Gasteiger partial charge >= 0.3 is 0 Å². The molecular formula is C19H19N3O4S. The summed E-state index contributed by atoms with van der Waals surface area (Å²) in [6, 6.07) is 11.1. The minimum absolute atomic E-state index is 0.121. The molecule has 140 valence electrons. The lowest BCUT2D eigenvalue weighted by Gasteiger charge is -2.26. The number of carbonyl (C=O) groups is 1. The van der Waals surface area contributed by atoms with Crippen LogP contribution in [0, 0.1) is 11.3 Å². The molecule has 2 aromatic rings. The molecule has 0 unspecified atom stereocenters. The second-order valence-electron chi connectivity index (χ2n) is 6.13. The molecule has 1 aromatic carbocycles. The summed E-state index contributed by atoms with van der Waals surface area (Å²) in [7, 11) is -3.60. The van der Waals surface area contributed by atoms with E-state index in [-0.39, 0.29) is 10.5 Å². The third-order valence-electron chi connectivity index (χ3n) is 4.24. The number of anilines is 1. The summed E-state index contributed by atoms with van der Waals surface area (Å²) in [5.41, 5.74) is 0.160. The molecule has 8 heteroatoms. The van der Waals surface area contributed by atoms with Crippen molar-refractivity contribution < 1.29 is 17.6 Å². The second kappa shape index (κ2) is 8.20. The van der Waals surface area contributed by atoms with Crippen LogP contribution in [0.25, 0.3) is 6.08 Å². The minimum Gasteiger partial charge on any atom is -0.465 e. The van der Waals surface area contributed by atoms with E-state index >= 15 is 0 Å². The molecule has 1 aliphatic rings. The van der Waals surface area contributed by atoms with Crippen molar-refractivity contribution in [3.05, 3.63) is 54.0 Å². The van der Waals surface area contributed by atoms with Gasteiger partial charge < -0.3 is 9.73 Å². The highest BCUT2D eigenvalue weighted by atomic mass is 32.2. The zero-order valence-electron chi connectivity index (χ0n) is 14.6. The second-order valence-corrected chi connectivity index (χ2v) is 8.07. The third-order valence-corrected chi connectivity index (χ3v) is 6.13. The third kappa shape index (κ3) is 4.45. The number of hydrogen-bond acceptors (Lipinski definition) is 5. The first-order chi connectivity index (χ1) is 13.0. The van der Waals surface area contributed by atoms with E-state index in [1.807, 2.05) is 6.07 Å². The van der Waals surface area contributed by atoms with Gasteiger partial charge in [0.15, 0.2) is 0 Å². The zero-order valence-corrected chi connectivity index (χ0v) is 15.4. The van der Waals surface area contributed by atoms with Gasteiger partial charge in [-0.15, -0.1) is 0 Å². The van der Waals surface area contributed by atoms with Crippen LogP contribution >= 0.6 is 0 Å². The highest BCUT2D eigenvalue weighted by molar-refractivity contribution is 7.89. The Balaban J connectivity index is 1.79. The summed E-state index contributed by atoms with van der Waals surface area (Å²) >= 11 is 0. The molecule has 2 heterocycles. The van der Waals surface area contributed by atoms with Gasteiger partial charge in [0.2, 0.25) is 10.0 Å². The summed E-state index contributed by atoms with van der Waals surface area (Å²) in [6.07, 6.45) is 5.48. The molecule has 1 aromatic heterocycles. The topological polar surface area (TPSA) is 103 Å². The molecule has 1 amide bonds. The molecule has 1 aliphatic heterocycles. The maximum atomic E-state index is 12.8. The van der Waals surface area contributed by atoms with Crippen LogP contribution in [-0.4, -0.2) is 31.7 Å². The summed E-state index contributed by atoms with van der Waals surface area (Å²) in [5, 5.41) is 11.8. The molecular weight excluding hydrogens is 366 g/mol. The first kappa shape index (κ1) is 18.9. The van der Waals surface area contributed by atoms with Gasteiger partial charge in [0.25, 0.3) is 5.91 Å². The van der Waals surface area contributed by atoms with Gasteiger partial charge in [-0.05, 0) is 43.2 Å². The van der Waals surface area contributed by atoms with Crippen molar-refractivity contribution in [3.8, 4) is 6.07 Å². The Morgan fingerprint density at radius 2 is 1.96 bits per heavy atom. The predicted octanol–water partition coefficient (Wildman–Crippen LogP) is 3.00. The van der Waals surface area contributed by atoms with E-state index in [4.69, 9.17) is 4.42 Å². The van der Waals surface area contributed by atoms with Gasteiger partial charge in [0.05, 0.1) is 11.2 Å². The standard InChI is InChI=1S/C19H19N3O4S/c20-14-15(12-17-7-5-11-26-17)19(23)21-16-6-4-8-18(13-16)27(24,25)22-9-2-1-3-10-22/h4-8,11-13H,1-3,9-10H2,(H,21,23)/b15-12+. The number of rotatable bonds is 5. The number of benzene rings is 1. The van der Waals surface area contributed by atoms with Gasteiger partial charge in [0.1, 0.15) is 17.4 Å². The Morgan fingerprint density at radius 3 is 2.63 bits per heavy atom. The van der Waals surface area contributed by atoms with E-state index in [2.05, 4.69) is 5.32 Å². The largest absolute Gasteiger partial charge is 0.465 e. The summed E-state index contributed by atoms with van der Waals surface area (Å²) in [5.74, 6) is -0.260. The lowest BCUT2D eigenvalue weighted by atomic mass is 10.2. The van der Waals surface area contributed by atoms with E-state index in [1.54, 1.807) is 24.3 Å². The molecule has 27 heavy (non-hydrogen) atoms. The van der Waals surface area contributed by atoms with Gasteiger partial charge in [-0.25, -0.2) is 8.42 Å². The van der Waals surface area contributed by atoms with E-state index in [1.165, 1.54) is 28.8 Å². The number of hydrogen-bond donors (Lipinski definition) is 1. The number of nitrogens with zero attached hydrogens (tertiary/aromatic N) is 2. The Labute approximate surface area is 157 Å². The predicted molar refractivity (Wildman–Crippen MR) is 100.0 cm³/mol. The van der Waals surface area contributed by atoms with Crippen LogP contribution < -0.4 is 5.32 Å². The smallest absolute Gasteiger partial charge is 0.266 e. The Bertz CT molecular complexity index is 982. The summed E-state index contributed by atoms with van der Waals surface area (Å²) < 4.78 is 32.1. The minimum atomic E-state index is -3.60. The van der Waals surface area contributed by atoms with Crippen molar-refractivity contribution in [2.45, 2.75) is 24.2 Å². The number of nitrogens with one attached hydrogen (secondary N) is 1. The lowest BCUT2D eigenvalue weighted by molar-refractivity contribution is -0.112. The summed E-state index contributed by atoms with van der Waals surface area (Å²) in [4.78, 5) is 12.5. The maximum absolute atomic E-state index is 12.8. The van der Waals surface area contributed by atoms with Crippen LogP contribution in [0.5, 0.6) is 0 Å². The van der Waals surface area contributed by atoms with E-state index < -0.39 is 15.9 Å². The number of sulfonamides is 1. The van der Waals surface area contributed by atoms with Gasteiger partial charge in [-0.3, -0.25) is 4.79 Å². The van der Waals surface area contributed by atoms with Crippen LogP contribution in [0.4, 0.5) is 5.69 Å². The first-order valence-corrected chi connectivity index (χ1v) is 10.0. The van der Waals surface area contributed by atoms with Crippen molar-refractivity contribution >= 4 is 27.7 Å². The molecule has 1 fully saturated rings. The average Bonchev–Trinajstić information content (AvgIpc) is 3.20. The van der Waals surface area contributed by atoms with E-state index in [0.717, 1.165) is 19.3 Å². The molecule has 3 rings (SSSR count). The Hall–Kier alpha value is -2.89. The zero-order chi connectivity index (χ0) is 19.3. The molecule has 0 atom stereocenters. The molecule has 1 N–H and O–H groups in total. The fourth-order valence-corrected chi connectivity index (χ4v) is 4.41. The van der Waals surface area contributed by atoms with Crippen LogP contribution in [0.3, 0.4) is 0 Å². The van der Waals surface area contributed by atoms with Gasteiger partial charge in [-0.1, -0.05) is 12.5 Å². The van der Waals surface area contributed by atoms with Gasteiger partial charge in [0, 0.05) is 24.9 Å². The molecule has 7 nitrogen and oxygen atoms in total. The first-order valence-electron chi connectivity index (χ1n) is 8.57. The van der Waals surface area contributed by atoms with Crippen LogP contribution in [-0.2, 0) is 14.8 Å². The molecule has 0 aliphatic carbocycles. The quantitative estimate of drug-likeness (QED) is 0.629. The normalized spacial score (nSPS) is 15.9. The van der Waals surface area contributed by atoms with Crippen LogP contribution in [0.1, 0.15) is 25.0 Å². The lowest BCUT2D eigenvalue weighted by Crippen LogP contribution is -2.35. The van der Waals surface area contributed by atoms with Crippen molar-refractivity contribution in [2.75, 3.05) is 18.4 Å². The number of nitriles is 1. The highest BCUT2D eigenvalue weighted by Gasteiger charge is 2.26. The molecule has 0 spiro atoms. The fourth-order valence-electron chi connectivity index (χ4n) is 2.85.